The fourth-order valence-electron chi connectivity index (χ4n) is 2.11. The van der Waals surface area contributed by atoms with Gasteiger partial charge in [0.1, 0.15) is 0 Å². The van der Waals surface area contributed by atoms with E-state index in [-0.39, 0.29) is 5.97 Å². The number of esters is 1. The molecule has 2 aromatic rings. The summed E-state index contributed by atoms with van der Waals surface area (Å²) in [5.41, 5.74) is 4.89. The van der Waals surface area contributed by atoms with Gasteiger partial charge < -0.3 is 10.1 Å². The van der Waals surface area contributed by atoms with Crippen molar-refractivity contribution in [2.24, 2.45) is 7.05 Å². The van der Waals surface area contributed by atoms with Crippen molar-refractivity contribution in [1.29, 1.82) is 0 Å². The Morgan fingerprint density at radius 1 is 1.30 bits per heavy atom. The monoisotopic (exact) mass is 273 g/mol. The maximum absolute atomic E-state index is 11.3. The molecule has 0 spiro atoms. The largest absolute Gasteiger partial charge is 0.465 e. The summed E-state index contributed by atoms with van der Waals surface area (Å²) < 4.78 is 6.55. The number of nitrogens with one attached hydrogen (secondary N) is 1. The van der Waals surface area contributed by atoms with E-state index in [1.807, 2.05) is 30.8 Å². The zero-order valence-corrected chi connectivity index (χ0v) is 12.2. The smallest absolute Gasteiger partial charge is 0.337 e. The number of anilines is 1. The van der Waals surface area contributed by atoms with Gasteiger partial charge in [-0.1, -0.05) is 0 Å². The van der Waals surface area contributed by atoms with Gasteiger partial charge in [-0.15, -0.1) is 0 Å². The lowest BCUT2D eigenvalue weighted by Crippen LogP contribution is -2.04. The number of hydrogen-bond acceptors (Lipinski definition) is 4. The molecule has 1 heterocycles. The molecule has 1 N–H and O–H groups in total. The molecule has 0 amide bonds. The van der Waals surface area contributed by atoms with Crippen LogP contribution in [-0.4, -0.2) is 22.9 Å². The normalized spacial score (nSPS) is 10.4. The zero-order chi connectivity index (χ0) is 14.7. The van der Waals surface area contributed by atoms with E-state index in [4.69, 9.17) is 0 Å². The Bertz CT molecular complexity index is 615. The van der Waals surface area contributed by atoms with Crippen LogP contribution in [-0.2, 0) is 18.3 Å². The van der Waals surface area contributed by atoms with Crippen LogP contribution < -0.4 is 5.32 Å². The quantitative estimate of drug-likeness (QED) is 0.869. The molecule has 1 aromatic carbocycles. The van der Waals surface area contributed by atoms with Crippen molar-refractivity contribution in [2.45, 2.75) is 20.4 Å². The number of benzene rings is 1. The average molecular weight is 273 g/mol. The number of carbonyl (C=O) groups excluding carboxylic acids is 1. The Balaban J connectivity index is 2.06. The van der Waals surface area contributed by atoms with Crippen LogP contribution in [0.4, 0.5) is 5.69 Å². The van der Waals surface area contributed by atoms with Crippen LogP contribution in [0.1, 0.15) is 27.3 Å². The molecule has 0 aliphatic rings. The number of carbonyl (C=O) groups is 1. The predicted octanol–water partition coefficient (Wildman–Crippen LogP) is 2.44. The van der Waals surface area contributed by atoms with Crippen molar-refractivity contribution in [3.05, 3.63) is 46.8 Å². The van der Waals surface area contributed by atoms with Crippen LogP contribution in [0.2, 0.25) is 0 Å². The number of aryl methyl sites for hydroxylation is 2. The topological polar surface area (TPSA) is 56.1 Å². The van der Waals surface area contributed by atoms with Crippen LogP contribution in [0.15, 0.2) is 24.3 Å². The van der Waals surface area contributed by atoms with Crippen molar-refractivity contribution < 1.29 is 9.53 Å². The number of hydrogen-bond donors (Lipinski definition) is 1. The number of aromatic nitrogens is 2. The van der Waals surface area contributed by atoms with E-state index in [0.717, 1.165) is 17.1 Å². The standard InChI is InChI=1S/C15H19N3O2/c1-10-14(11(2)18(3)17-10)9-16-13-7-5-12(6-8-13)15(19)20-4/h5-8,16H,9H2,1-4H3. The van der Waals surface area contributed by atoms with Crippen LogP contribution in [0, 0.1) is 13.8 Å². The molecule has 5 nitrogen and oxygen atoms in total. The number of nitrogens with zero attached hydrogens (tertiary/aromatic N) is 2. The Hall–Kier alpha value is -2.30. The lowest BCUT2D eigenvalue weighted by molar-refractivity contribution is 0.0601. The highest BCUT2D eigenvalue weighted by Crippen LogP contribution is 2.16. The van der Waals surface area contributed by atoms with E-state index >= 15 is 0 Å². The lowest BCUT2D eigenvalue weighted by atomic mass is 10.1. The predicted molar refractivity (Wildman–Crippen MR) is 77.8 cm³/mol. The fraction of sp³-hybridized carbons (Fsp3) is 0.333. The molecule has 0 aliphatic carbocycles. The van der Waals surface area contributed by atoms with E-state index < -0.39 is 0 Å². The van der Waals surface area contributed by atoms with Crippen LogP contribution in [0.25, 0.3) is 0 Å². The van der Waals surface area contributed by atoms with Gasteiger partial charge in [-0.2, -0.15) is 5.10 Å². The van der Waals surface area contributed by atoms with Gasteiger partial charge in [0.25, 0.3) is 0 Å². The maximum atomic E-state index is 11.3. The van der Waals surface area contributed by atoms with Crippen molar-refractivity contribution in [2.75, 3.05) is 12.4 Å². The van der Waals surface area contributed by atoms with Gasteiger partial charge in [0.15, 0.2) is 0 Å². The fourth-order valence-corrected chi connectivity index (χ4v) is 2.11. The summed E-state index contributed by atoms with van der Waals surface area (Å²) in [6, 6.07) is 7.23. The van der Waals surface area contributed by atoms with E-state index in [1.165, 1.54) is 12.7 Å². The molecule has 0 unspecified atom stereocenters. The van der Waals surface area contributed by atoms with Gasteiger partial charge in [0.05, 0.1) is 18.4 Å². The zero-order valence-electron chi connectivity index (χ0n) is 12.2. The molecule has 0 saturated carbocycles. The molecule has 0 radical (unpaired) electrons. The minimum atomic E-state index is -0.324. The SMILES string of the molecule is COC(=O)c1ccc(NCc2c(C)nn(C)c2C)cc1. The number of rotatable bonds is 4. The van der Waals surface area contributed by atoms with E-state index in [2.05, 4.69) is 22.1 Å². The molecule has 0 atom stereocenters. The minimum absolute atomic E-state index is 0.324. The Morgan fingerprint density at radius 2 is 1.95 bits per heavy atom. The molecular weight excluding hydrogens is 254 g/mol. The van der Waals surface area contributed by atoms with Crippen LogP contribution in [0.5, 0.6) is 0 Å². The summed E-state index contributed by atoms with van der Waals surface area (Å²) >= 11 is 0. The molecule has 0 saturated heterocycles. The van der Waals surface area contributed by atoms with Gasteiger partial charge in [-0.05, 0) is 38.1 Å². The third-order valence-corrected chi connectivity index (χ3v) is 3.43. The van der Waals surface area contributed by atoms with E-state index in [0.29, 0.717) is 12.1 Å². The third kappa shape index (κ3) is 2.82. The van der Waals surface area contributed by atoms with E-state index in [9.17, 15) is 4.79 Å². The second-order valence-corrected chi connectivity index (χ2v) is 4.70. The molecule has 0 aliphatic heterocycles. The minimum Gasteiger partial charge on any atom is -0.465 e. The third-order valence-electron chi connectivity index (χ3n) is 3.43. The molecule has 20 heavy (non-hydrogen) atoms. The van der Waals surface area contributed by atoms with Crippen molar-refractivity contribution in [1.82, 2.24) is 9.78 Å². The summed E-state index contributed by atoms with van der Waals surface area (Å²) in [5.74, 6) is -0.324. The summed E-state index contributed by atoms with van der Waals surface area (Å²) in [5, 5.41) is 7.72. The Kier molecular flexibility index (Phi) is 4.08. The molecular formula is C15H19N3O2. The van der Waals surface area contributed by atoms with Gasteiger partial charge in [0, 0.05) is 30.5 Å². The van der Waals surface area contributed by atoms with E-state index in [1.54, 1.807) is 12.1 Å². The number of ether oxygens (including phenoxy) is 1. The first-order valence-electron chi connectivity index (χ1n) is 6.44. The lowest BCUT2D eigenvalue weighted by Gasteiger charge is -2.07. The van der Waals surface area contributed by atoms with Crippen molar-refractivity contribution in [3.8, 4) is 0 Å². The van der Waals surface area contributed by atoms with Gasteiger partial charge in [-0.25, -0.2) is 4.79 Å². The van der Waals surface area contributed by atoms with Crippen molar-refractivity contribution >= 4 is 11.7 Å². The molecule has 5 heteroatoms. The maximum Gasteiger partial charge on any atom is 0.337 e. The first-order chi connectivity index (χ1) is 9.52. The first kappa shape index (κ1) is 14.1. The highest BCUT2D eigenvalue weighted by molar-refractivity contribution is 5.89. The highest BCUT2D eigenvalue weighted by Gasteiger charge is 2.09. The van der Waals surface area contributed by atoms with Crippen molar-refractivity contribution in [3.63, 3.8) is 0 Å². The second-order valence-electron chi connectivity index (χ2n) is 4.70. The van der Waals surface area contributed by atoms with Gasteiger partial charge >= 0.3 is 5.97 Å². The summed E-state index contributed by atoms with van der Waals surface area (Å²) in [7, 11) is 3.32. The molecule has 106 valence electrons. The van der Waals surface area contributed by atoms with Gasteiger partial charge in [0.2, 0.25) is 0 Å². The Labute approximate surface area is 118 Å². The second kappa shape index (κ2) is 5.77. The highest BCUT2D eigenvalue weighted by atomic mass is 16.5. The molecule has 0 fully saturated rings. The van der Waals surface area contributed by atoms with Crippen LogP contribution >= 0.6 is 0 Å². The first-order valence-corrected chi connectivity index (χ1v) is 6.44. The van der Waals surface area contributed by atoms with Gasteiger partial charge in [-0.3, -0.25) is 4.68 Å². The summed E-state index contributed by atoms with van der Waals surface area (Å²) in [4.78, 5) is 11.3. The summed E-state index contributed by atoms with van der Waals surface area (Å²) in [6.07, 6.45) is 0. The van der Waals surface area contributed by atoms with Crippen LogP contribution in [0.3, 0.4) is 0 Å². The summed E-state index contributed by atoms with van der Waals surface area (Å²) in [6.45, 7) is 4.77. The molecule has 0 bridgehead atoms. The average Bonchev–Trinajstić information content (AvgIpc) is 2.70. The number of methoxy groups -OCH3 is 1. The molecule has 2 rings (SSSR count). The molecule has 1 aromatic heterocycles. The Morgan fingerprint density at radius 3 is 2.45 bits per heavy atom.